The molecule has 2 rings (SSSR count). The summed E-state index contributed by atoms with van der Waals surface area (Å²) in [6.07, 6.45) is 1.41. The average molecular weight is 262 g/mol. The lowest BCUT2D eigenvalue weighted by molar-refractivity contribution is 0.475. The van der Waals surface area contributed by atoms with Crippen LogP contribution in [-0.4, -0.2) is 19.9 Å². The van der Waals surface area contributed by atoms with Crippen LogP contribution < -0.4 is 11.4 Å². The number of hydrogen-bond acceptors (Lipinski definition) is 4. The molecule has 0 amide bonds. The number of phenolic OH excluding ortho intramolecular Hbond substituents is 1. The number of benzene rings is 1. The molecule has 19 heavy (non-hydrogen) atoms. The maximum atomic E-state index is 11.6. The van der Waals surface area contributed by atoms with E-state index in [4.69, 9.17) is 5.73 Å². The van der Waals surface area contributed by atoms with Gasteiger partial charge in [0.2, 0.25) is 0 Å². The first-order valence-corrected chi connectivity index (χ1v) is 6.30. The van der Waals surface area contributed by atoms with Crippen molar-refractivity contribution in [3.05, 3.63) is 46.1 Å². The number of aromatic amines is 1. The molecule has 1 heterocycles. The van der Waals surface area contributed by atoms with Gasteiger partial charge in [-0.25, -0.2) is 9.89 Å². The molecule has 1 atom stereocenters. The highest BCUT2D eigenvalue weighted by Gasteiger charge is 2.16. The Morgan fingerprint density at radius 2 is 2.11 bits per heavy atom. The predicted molar refractivity (Wildman–Crippen MR) is 71.9 cm³/mol. The highest BCUT2D eigenvalue weighted by Crippen LogP contribution is 2.16. The van der Waals surface area contributed by atoms with Crippen LogP contribution in [0.25, 0.3) is 0 Å². The SMILES string of the molecule is CCCn1c([C@@H](N)Cc2ccc(O)cc2)n[nH]c1=O. The first-order valence-electron chi connectivity index (χ1n) is 6.30. The van der Waals surface area contributed by atoms with Crippen molar-refractivity contribution in [3.63, 3.8) is 0 Å². The van der Waals surface area contributed by atoms with Crippen molar-refractivity contribution in [3.8, 4) is 5.75 Å². The molecule has 0 radical (unpaired) electrons. The molecule has 0 aliphatic heterocycles. The van der Waals surface area contributed by atoms with Gasteiger partial charge in [0.05, 0.1) is 6.04 Å². The Hall–Kier alpha value is -2.08. The second-order valence-electron chi connectivity index (χ2n) is 4.52. The molecule has 0 unspecified atom stereocenters. The van der Waals surface area contributed by atoms with Crippen molar-refractivity contribution in [1.29, 1.82) is 0 Å². The Balaban J connectivity index is 2.17. The summed E-state index contributed by atoms with van der Waals surface area (Å²) in [6, 6.07) is 6.50. The molecular weight excluding hydrogens is 244 g/mol. The van der Waals surface area contributed by atoms with Crippen LogP contribution in [0.5, 0.6) is 5.75 Å². The van der Waals surface area contributed by atoms with Crippen LogP contribution in [0.2, 0.25) is 0 Å². The van der Waals surface area contributed by atoms with E-state index in [1.807, 2.05) is 19.1 Å². The van der Waals surface area contributed by atoms with E-state index in [9.17, 15) is 9.90 Å². The smallest absolute Gasteiger partial charge is 0.343 e. The van der Waals surface area contributed by atoms with E-state index in [2.05, 4.69) is 10.2 Å². The van der Waals surface area contributed by atoms with E-state index < -0.39 is 0 Å². The molecule has 4 N–H and O–H groups in total. The van der Waals surface area contributed by atoms with Crippen LogP contribution in [0.3, 0.4) is 0 Å². The lowest BCUT2D eigenvalue weighted by Gasteiger charge is -2.12. The van der Waals surface area contributed by atoms with Gasteiger partial charge in [-0.2, -0.15) is 5.10 Å². The van der Waals surface area contributed by atoms with Crippen LogP contribution in [0.1, 0.15) is 30.8 Å². The minimum atomic E-state index is -0.352. The zero-order valence-corrected chi connectivity index (χ0v) is 10.8. The summed E-state index contributed by atoms with van der Waals surface area (Å²) in [5, 5.41) is 15.7. The number of aromatic nitrogens is 3. The monoisotopic (exact) mass is 262 g/mol. The van der Waals surface area contributed by atoms with Gasteiger partial charge in [0, 0.05) is 6.54 Å². The van der Waals surface area contributed by atoms with E-state index in [1.54, 1.807) is 16.7 Å². The van der Waals surface area contributed by atoms with Crippen LogP contribution in [0.15, 0.2) is 29.1 Å². The van der Waals surface area contributed by atoms with Crippen molar-refractivity contribution in [2.24, 2.45) is 5.73 Å². The fraction of sp³-hybridized carbons (Fsp3) is 0.385. The quantitative estimate of drug-likeness (QED) is 0.746. The number of hydrogen-bond donors (Lipinski definition) is 3. The Morgan fingerprint density at radius 3 is 2.74 bits per heavy atom. The zero-order chi connectivity index (χ0) is 13.8. The van der Waals surface area contributed by atoms with E-state index in [0.717, 1.165) is 12.0 Å². The van der Waals surface area contributed by atoms with E-state index in [-0.39, 0.29) is 17.5 Å². The van der Waals surface area contributed by atoms with E-state index in [0.29, 0.717) is 18.8 Å². The molecule has 0 bridgehead atoms. The molecule has 102 valence electrons. The summed E-state index contributed by atoms with van der Waals surface area (Å²) in [6.45, 7) is 2.60. The number of rotatable bonds is 5. The Labute approximate surface area is 110 Å². The van der Waals surface area contributed by atoms with Crippen LogP contribution in [-0.2, 0) is 13.0 Å². The Kier molecular flexibility index (Phi) is 4.01. The van der Waals surface area contributed by atoms with Crippen molar-refractivity contribution < 1.29 is 5.11 Å². The topological polar surface area (TPSA) is 96.9 Å². The Bertz CT molecular complexity index is 585. The van der Waals surface area contributed by atoms with Gasteiger partial charge < -0.3 is 10.8 Å². The highest BCUT2D eigenvalue weighted by molar-refractivity contribution is 5.26. The fourth-order valence-electron chi connectivity index (χ4n) is 2.03. The summed E-state index contributed by atoms with van der Waals surface area (Å²) in [5.74, 6) is 0.792. The third-order valence-electron chi connectivity index (χ3n) is 2.96. The number of nitrogens with two attached hydrogens (primary N) is 1. The largest absolute Gasteiger partial charge is 0.508 e. The van der Waals surface area contributed by atoms with Crippen molar-refractivity contribution >= 4 is 0 Å². The number of phenols is 1. The third kappa shape index (κ3) is 3.03. The van der Waals surface area contributed by atoms with Crippen molar-refractivity contribution in [1.82, 2.24) is 14.8 Å². The van der Waals surface area contributed by atoms with Gasteiger partial charge in [0.1, 0.15) is 5.75 Å². The van der Waals surface area contributed by atoms with Gasteiger partial charge in [-0.3, -0.25) is 4.57 Å². The minimum Gasteiger partial charge on any atom is -0.508 e. The average Bonchev–Trinajstić information content (AvgIpc) is 2.75. The van der Waals surface area contributed by atoms with Gasteiger partial charge in [-0.05, 0) is 30.5 Å². The molecule has 0 saturated carbocycles. The Morgan fingerprint density at radius 1 is 1.42 bits per heavy atom. The standard InChI is InChI=1S/C13H18N4O2/c1-2-7-17-12(15-16-13(17)19)11(14)8-9-3-5-10(18)6-4-9/h3-6,11,18H,2,7-8,14H2,1H3,(H,16,19)/t11-/m0/s1. The maximum absolute atomic E-state index is 11.6. The fourth-order valence-corrected chi connectivity index (χ4v) is 2.03. The summed E-state index contributed by atoms with van der Waals surface area (Å²) in [4.78, 5) is 11.6. The number of aromatic hydroxyl groups is 1. The molecule has 0 aliphatic rings. The number of nitrogens with zero attached hydrogens (tertiary/aromatic N) is 2. The second-order valence-corrected chi connectivity index (χ2v) is 4.52. The molecule has 0 spiro atoms. The van der Waals surface area contributed by atoms with Crippen LogP contribution in [0, 0.1) is 0 Å². The molecule has 0 aliphatic carbocycles. The first kappa shape index (κ1) is 13.4. The predicted octanol–water partition coefficient (Wildman–Crippen LogP) is 0.929. The van der Waals surface area contributed by atoms with Crippen LogP contribution in [0.4, 0.5) is 0 Å². The molecule has 6 heteroatoms. The molecule has 0 fully saturated rings. The highest BCUT2D eigenvalue weighted by atomic mass is 16.3. The van der Waals surface area contributed by atoms with E-state index in [1.165, 1.54) is 0 Å². The maximum Gasteiger partial charge on any atom is 0.343 e. The summed E-state index contributed by atoms with van der Waals surface area (Å²) >= 11 is 0. The second kappa shape index (κ2) is 5.71. The van der Waals surface area contributed by atoms with Crippen molar-refractivity contribution in [2.75, 3.05) is 0 Å². The molecule has 1 aromatic carbocycles. The number of nitrogens with one attached hydrogen (secondary N) is 1. The normalized spacial score (nSPS) is 12.5. The lowest BCUT2D eigenvalue weighted by atomic mass is 10.1. The van der Waals surface area contributed by atoms with Crippen molar-refractivity contribution in [2.45, 2.75) is 32.4 Å². The molecular formula is C13H18N4O2. The van der Waals surface area contributed by atoms with Crippen LogP contribution >= 0.6 is 0 Å². The molecule has 0 saturated heterocycles. The van der Waals surface area contributed by atoms with Gasteiger partial charge >= 0.3 is 5.69 Å². The summed E-state index contributed by atoms with van der Waals surface area (Å²) in [7, 11) is 0. The third-order valence-corrected chi connectivity index (χ3v) is 2.96. The van der Waals surface area contributed by atoms with Gasteiger partial charge in [-0.1, -0.05) is 19.1 Å². The summed E-state index contributed by atoms with van der Waals surface area (Å²) in [5.41, 5.74) is 6.87. The first-order chi connectivity index (χ1) is 9.11. The number of H-pyrrole nitrogens is 1. The van der Waals surface area contributed by atoms with Gasteiger partial charge in [-0.15, -0.1) is 0 Å². The van der Waals surface area contributed by atoms with E-state index >= 15 is 0 Å². The van der Waals surface area contributed by atoms with Gasteiger partial charge in [0.15, 0.2) is 5.82 Å². The molecule has 6 nitrogen and oxygen atoms in total. The zero-order valence-electron chi connectivity index (χ0n) is 10.8. The lowest BCUT2D eigenvalue weighted by Crippen LogP contribution is -2.24. The summed E-state index contributed by atoms with van der Waals surface area (Å²) < 4.78 is 1.57. The minimum absolute atomic E-state index is 0.222. The van der Waals surface area contributed by atoms with Gasteiger partial charge in [0.25, 0.3) is 0 Å². The molecule has 2 aromatic rings. The molecule has 1 aromatic heterocycles.